The van der Waals surface area contributed by atoms with Gasteiger partial charge in [-0.25, -0.2) is 4.68 Å². The zero-order valence-electron chi connectivity index (χ0n) is 19.1. The lowest BCUT2D eigenvalue weighted by Gasteiger charge is -2.10. The molecule has 0 spiro atoms. The summed E-state index contributed by atoms with van der Waals surface area (Å²) in [6.07, 6.45) is -4.49. The number of halogens is 3. The van der Waals surface area contributed by atoms with Crippen molar-refractivity contribution in [2.75, 3.05) is 11.9 Å². The van der Waals surface area contributed by atoms with E-state index in [1.807, 2.05) is 19.9 Å². The lowest BCUT2D eigenvalue weighted by molar-refractivity contribution is -0.137. The molecule has 0 aliphatic rings. The van der Waals surface area contributed by atoms with E-state index in [9.17, 15) is 18.0 Å². The zero-order chi connectivity index (χ0) is 25.0. The Balaban J connectivity index is 1.66. The van der Waals surface area contributed by atoms with Gasteiger partial charge in [-0.3, -0.25) is 4.79 Å². The minimum atomic E-state index is -4.49. The van der Waals surface area contributed by atoms with Crippen molar-refractivity contribution >= 4 is 11.6 Å². The number of carbonyl (C=O) groups excluding carboxylic acids is 1. The van der Waals surface area contributed by atoms with E-state index in [1.54, 1.807) is 48.5 Å². The van der Waals surface area contributed by atoms with Crippen LogP contribution in [0, 0.1) is 5.92 Å². The number of nitrogens with zero attached hydrogens (tertiary/aromatic N) is 3. The molecule has 0 saturated carbocycles. The first kappa shape index (κ1) is 24.0. The van der Waals surface area contributed by atoms with Crippen LogP contribution in [0.3, 0.4) is 0 Å². The normalized spacial score (nSPS) is 11.5. The molecule has 9 heteroatoms. The molecule has 35 heavy (non-hydrogen) atoms. The smallest absolute Gasteiger partial charge is 0.416 e. The molecule has 1 aromatic heterocycles. The molecule has 0 radical (unpaired) electrons. The van der Waals surface area contributed by atoms with Crippen LogP contribution in [0.15, 0.2) is 78.9 Å². The molecule has 4 rings (SSSR count). The van der Waals surface area contributed by atoms with Gasteiger partial charge in [0, 0.05) is 16.8 Å². The maximum Gasteiger partial charge on any atom is 0.416 e. The molecule has 0 bridgehead atoms. The molecule has 180 valence electrons. The number of anilines is 1. The fraction of sp³-hybridized carbons (Fsp3) is 0.192. The first-order valence-corrected chi connectivity index (χ1v) is 10.9. The summed E-state index contributed by atoms with van der Waals surface area (Å²) in [6, 6.07) is 20.5. The fourth-order valence-corrected chi connectivity index (χ4v) is 3.28. The number of hydrogen-bond acceptors (Lipinski definition) is 4. The summed E-state index contributed by atoms with van der Waals surface area (Å²) in [5.41, 5.74) is 1.08. The molecule has 4 aromatic rings. The molecule has 0 atom stereocenters. The highest BCUT2D eigenvalue weighted by Crippen LogP contribution is 2.33. The maximum absolute atomic E-state index is 13.3. The number of ether oxygens (including phenoxy) is 1. The van der Waals surface area contributed by atoms with Gasteiger partial charge in [0.15, 0.2) is 5.82 Å². The van der Waals surface area contributed by atoms with Gasteiger partial charge in [0.05, 0.1) is 17.9 Å². The number of aromatic nitrogens is 3. The van der Waals surface area contributed by atoms with Gasteiger partial charge >= 0.3 is 12.2 Å². The Morgan fingerprint density at radius 2 is 1.71 bits per heavy atom. The van der Waals surface area contributed by atoms with Gasteiger partial charge < -0.3 is 10.1 Å². The second kappa shape index (κ2) is 10.0. The number of rotatable bonds is 7. The minimum Gasteiger partial charge on any atom is -0.462 e. The summed E-state index contributed by atoms with van der Waals surface area (Å²) in [5, 5.41) is 7.18. The van der Waals surface area contributed by atoms with Crippen molar-refractivity contribution in [3.8, 4) is 23.1 Å². The van der Waals surface area contributed by atoms with E-state index in [-0.39, 0.29) is 29.2 Å². The van der Waals surface area contributed by atoms with Crippen molar-refractivity contribution in [2.45, 2.75) is 20.0 Å². The number of nitrogens with one attached hydrogen (secondary N) is 1. The van der Waals surface area contributed by atoms with Gasteiger partial charge in [-0.05, 0) is 54.4 Å². The second-order valence-corrected chi connectivity index (χ2v) is 8.28. The van der Waals surface area contributed by atoms with Crippen LogP contribution in [0.5, 0.6) is 6.01 Å². The molecule has 0 saturated heterocycles. The minimum absolute atomic E-state index is 0.0626. The molecule has 0 unspecified atom stereocenters. The molecule has 0 aliphatic carbocycles. The largest absolute Gasteiger partial charge is 0.462 e. The summed E-state index contributed by atoms with van der Waals surface area (Å²) in [7, 11) is 0. The third-order valence-electron chi connectivity index (χ3n) is 4.99. The van der Waals surface area contributed by atoms with Crippen LogP contribution in [0.1, 0.15) is 29.8 Å². The highest BCUT2D eigenvalue weighted by molar-refractivity contribution is 6.04. The monoisotopic (exact) mass is 480 g/mol. The highest BCUT2D eigenvalue weighted by atomic mass is 19.4. The van der Waals surface area contributed by atoms with E-state index < -0.39 is 11.7 Å². The van der Waals surface area contributed by atoms with E-state index in [1.165, 1.54) is 16.8 Å². The van der Waals surface area contributed by atoms with Gasteiger partial charge in [0.25, 0.3) is 5.91 Å². The molecule has 0 aliphatic heterocycles. The molecular formula is C26H23F3N4O2. The number of carbonyl (C=O) groups is 1. The fourth-order valence-electron chi connectivity index (χ4n) is 3.28. The summed E-state index contributed by atoms with van der Waals surface area (Å²) in [4.78, 5) is 16.8. The quantitative estimate of drug-likeness (QED) is 0.340. The van der Waals surface area contributed by atoms with E-state index in [0.717, 1.165) is 12.1 Å². The molecule has 1 heterocycles. The van der Waals surface area contributed by atoms with Crippen LogP contribution in [-0.4, -0.2) is 27.3 Å². The van der Waals surface area contributed by atoms with E-state index in [2.05, 4.69) is 15.4 Å². The van der Waals surface area contributed by atoms with Crippen LogP contribution < -0.4 is 10.1 Å². The van der Waals surface area contributed by atoms with E-state index in [4.69, 9.17) is 4.74 Å². The van der Waals surface area contributed by atoms with Crippen molar-refractivity contribution in [3.63, 3.8) is 0 Å². The molecule has 1 amide bonds. The molecule has 6 nitrogen and oxygen atoms in total. The summed E-state index contributed by atoms with van der Waals surface area (Å²) < 4.78 is 46.9. The van der Waals surface area contributed by atoms with Crippen LogP contribution in [0.2, 0.25) is 0 Å². The number of hydrogen-bond donors (Lipinski definition) is 1. The van der Waals surface area contributed by atoms with Crippen LogP contribution in [-0.2, 0) is 6.18 Å². The van der Waals surface area contributed by atoms with E-state index >= 15 is 0 Å². The van der Waals surface area contributed by atoms with Gasteiger partial charge in [-0.2, -0.15) is 18.2 Å². The molecule has 3 aromatic carbocycles. The van der Waals surface area contributed by atoms with Crippen molar-refractivity contribution in [3.05, 3.63) is 90.0 Å². The first-order valence-electron chi connectivity index (χ1n) is 10.9. The highest BCUT2D eigenvalue weighted by Gasteiger charge is 2.31. The summed E-state index contributed by atoms with van der Waals surface area (Å²) in [6.45, 7) is 4.29. The Morgan fingerprint density at radius 1 is 1.00 bits per heavy atom. The Morgan fingerprint density at radius 3 is 2.37 bits per heavy atom. The first-order chi connectivity index (χ1) is 16.7. The third kappa shape index (κ3) is 5.87. The Hall–Kier alpha value is -4.14. The predicted octanol–water partition coefficient (Wildman–Crippen LogP) is 6.24. The van der Waals surface area contributed by atoms with Crippen molar-refractivity contribution < 1.29 is 22.7 Å². The van der Waals surface area contributed by atoms with Crippen LogP contribution in [0.4, 0.5) is 18.9 Å². The zero-order valence-corrected chi connectivity index (χ0v) is 19.1. The Bertz CT molecular complexity index is 1300. The second-order valence-electron chi connectivity index (χ2n) is 8.28. The van der Waals surface area contributed by atoms with Crippen LogP contribution >= 0.6 is 0 Å². The van der Waals surface area contributed by atoms with Gasteiger partial charge in [-0.1, -0.05) is 44.2 Å². The Labute approximate surface area is 200 Å². The summed E-state index contributed by atoms with van der Waals surface area (Å²) >= 11 is 0. The lowest BCUT2D eigenvalue weighted by atomic mass is 10.1. The van der Waals surface area contributed by atoms with Crippen LogP contribution in [0.25, 0.3) is 17.1 Å². The standard InChI is InChI=1S/C26H23F3N4O2/c1-17(2)16-35-25-31-23(19-9-6-10-20(15-19)26(27,28)29)33(32-25)22-13-11-21(12-14-22)30-24(34)18-7-4-3-5-8-18/h3-15,17H,16H2,1-2H3,(H,30,34). The van der Waals surface area contributed by atoms with Crippen molar-refractivity contribution in [1.82, 2.24) is 14.8 Å². The summed E-state index contributed by atoms with van der Waals surface area (Å²) in [5.74, 6) is 0.163. The van der Waals surface area contributed by atoms with Crippen molar-refractivity contribution in [1.29, 1.82) is 0 Å². The average Bonchev–Trinajstić information content (AvgIpc) is 3.28. The average molecular weight is 480 g/mol. The number of alkyl halides is 3. The maximum atomic E-state index is 13.3. The van der Waals surface area contributed by atoms with Gasteiger partial charge in [0.1, 0.15) is 0 Å². The molecule has 0 fully saturated rings. The van der Waals surface area contributed by atoms with Crippen molar-refractivity contribution in [2.24, 2.45) is 5.92 Å². The SMILES string of the molecule is CC(C)COc1nc(-c2cccc(C(F)(F)F)c2)n(-c2ccc(NC(=O)c3ccccc3)cc2)n1. The van der Waals surface area contributed by atoms with E-state index in [0.29, 0.717) is 23.5 Å². The van der Waals surface area contributed by atoms with Gasteiger partial charge in [0.2, 0.25) is 0 Å². The molecular weight excluding hydrogens is 457 g/mol. The number of benzene rings is 3. The number of amides is 1. The topological polar surface area (TPSA) is 69.0 Å². The lowest BCUT2D eigenvalue weighted by Crippen LogP contribution is -2.11. The third-order valence-corrected chi connectivity index (χ3v) is 4.99. The molecule has 1 N–H and O–H groups in total. The predicted molar refractivity (Wildman–Crippen MR) is 127 cm³/mol. The Kier molecular flexibility index (Phi) is 6.86. The van der Waals surface area contributed by atoms with Gasteiger partial charge in [-0.15, -0.1) is 5.10 Å².